The van der Waals surface area contributed by atoms with Crippen LogP contribution in [-0.4, -0.2) is 22.8 Å². The van der Waals surface area contributed by atoms with Gasteiger partial charge in [0.1, 0.15) is 23.2 Å². The van der Waals surface area contributed by atoms with E-state index in [1.54, 1.807) is 26.0 Å². The standard InChI is InChI=1S/C24H34O6/c1-6-10-16(3)13-14-18(5)23(27)22-19(25)15-20(30-24(22)28)17(4)11-8-9-12-21(26)29-7-2/h9,12-15,17,23,25,27H,6-8,10-11H2,1-5H3/b12-9+,16-13+,18-14+. The fourth-order valence-corrected chi connectivity index (χ4v) is 2.93. The van der Waals surface area contributed by atoms with E-state index in [0.717, 1.165) is 12.8 Å². The van der Waals surface area contributed by atoms with E-state index in [1.807, 2.05) is 19.9 Å². The second-order valence-corrected chi connectivity index (χ2v) is 7.44. The van der Waals surface area contributed by atoms with Crippen molar-refractivity contribution < 1.29 is 24.2 Å². The summed E-state index contributed by atoms with van der Waals surface area (Å²) in [5, 5.41) is 20.9. The third kappa shape index (κ3) is 8.03. The minimum Gasteiger partial charge on any atom is -0.507 e. The number of aromatic hydroxyl groups is 1. The van der Waals surface area contributed by atoms with Crippen LogP contribution in [0, 0.1) is 0 Å². The highest BCUT2D eigenvalue weighted by Crippen LogP contribution is 2.30. The Morgan fingerprint density at radius 3 is 2.57 bits per heavy atom. The first kappa shape index (κ1) is 25.4. The molecule has 1 aromatic rings. The molecule has 6 nitrogen and oxygen atoms in total. The molecule has 0 aliphatic carbocycles. The number of hydrogen-bond donors (Lipinski definition) is 2. The van der Waals surface area contributed by atoms with Gasteiger partial charge in [0, 0.05) is 18.1 Å². The lowest BCUT2D eigenvalue weighted by Gasteiger charge is -2.15. The predicted octanol–water partition coefficient (Wildman–Crippen LogP) is 5.07. The average molecular weight is 419 g/mol. The van der Waals surface area contributed by atoms with E-state index in [0.29, 0.717) is 30.8 Å². The highest BCUT2D eigenvalue weighted by molar-refractivity contribution is 5.81. The van der Waals surface area contributed by atoms with Crippen molar-refractivity contribution in [2.45, 2.75) is 72.3 Å². The summed E-state index contributed by atoms with van der Waals surface area (Å²) in [4.78, 5) is 23.7. The molecule has 166 valence electrons. The van der Waals surface area contributed by atoms with Crippen LogP contribution in [0.4, 0.5) is 0 Å². The normalized spacial score (nSPS) is 14.7. The van der Waals surface area contributed by atoms with Crippen LogP contribution < -0.4 is 5.63 Å². The van der Waals surface area contributed by atoms with Crippen molar-refractivity contribution >= 4 is 5.97 Å². The second-order valence-electron chi connectivity index (χ2n) is 7.44. The monoisotopic (exact) mass is 418 g/mol. The minimum atomic E-state index is -1.25. The molecule has 0 aliphatic rings. The summed E-state index contributed by atoms with van der Waals surface area (Å²) in [5.74, 6) is -0.503. The number of aliphatic hydroxyl groups excluding tert-OH is 1. The van der Waals surface area contributed by atoms with Gasteiger partial charge >= 0.3 is 11.6 Å². The van der Waals surface area contributed by atoms with Gasteiger partial charge in [-0.2, -0.15) is 0 Å². The van der Waals surface area contributed by atoms with Crippen molar-refractivity contribution in [3.8, 4) is 5.75 Å². The molecule has 0 saturated heterocycles. The number of allylic oxidation sites excluding steroid dienone is 4. The van der Waals surface area contributed by atoms with E-state index < -0.39 is 17.7 Å². The molecule has 1 aromatic heterocycles. The molecule has 30 heavy (non-hydrogen) atoms. The van der Waals surface area contributed by atoms with Crippen molar-refractivity contribution in [3.05, 3.63) is 63.3 Å². The van der Waals surface area contributed by atoms with Crippen LogP contribution in [0.1, 0.15) is 83.6 Å². The van der Waals surface area contributed by atoms with E-state index in [4.69, 9.17) is 9.15 Å². The van der Waals surface area contributed by atoms with E-state index in [2.05, 4.69) is 6.92 Å². The molecular formula is C24H34O6. The van der Waals surface area contributed by atoms with Crippen molar-refractivity contribution in [2.75, 3.05) is 6.61 Å². The SMILES string of the molecule is CCC/C(C)=C/C=C(\C)C(O)c1c(O)cc(C(C)CC/C=C/C(=O)OCC)oc1=O. The molecule has 6 heteroatoms. The van der Waals surface area contributed by atoms with Crippen molar-refractivity contribution in [1.29, 1.82) is 0 Å². The molecule has 1 rings (SSSR count). The van der Waals surface area contributed by atoms with E-state index in [1.165, 1.54) is 17.7 Å². The Morgan fingerprint density at radius 1 is 1.27 bits per heavy atom. The summed E-state index contributed by atoms with van der Waals surface area (Å²) in [6, 6.07) is 1.38. The van der Waals surface area contributed by atoms with Crippen molar-refractivity contribution in [3.63, 3.8) is 0 Å². The van der Waals surface area contributed by atoms with Gasteiger partial charge in [-0.25, -0.2) is 9.59 Å². The first-order valence-electron chi connectivity index (χ1n) is 10.4. The van der Waals surface area contributed by atoms with Crippen LogP contribution in [-0.2, 0) is 9.53 Å². The number of esters is 1. The number of rotatable bonds is 11. The zero-order valence-electron chi connectivity index (χ0n) is 18.6. The third-order valence-corrected chi connectivity index (χ3v) is 4.76. The fourth-order valence-electron chi connectivity index (χ4n) is 2.93. The molecular weight excluding hydrogens is 384 g/mol. The van der Waals surface area contributed by atoms with Crippen LogP contribution in [0.5, 0.6) is 5.75 Å². The molecule has 0 amide bonds. The molecule has 0 bridgehead atoms. The predicted molar refractivity (Wildman–Crippen MR) is 117 cm³/mol. The lowest BCUT2D eigenvalue weighted by atomic mass is 9.99. The van der Waals surface area contributed by atoms with Gasteiger partial charge in [-0.3, -0.25) is 0 Å². The zero-order chi connectivity index (χ0) is 22.7. The molecule has 2 N–H and O–H groups in total. The summed E-state index contributed by atoms with van der Waals surface area (Å²) >= 11 is 0. The van der Waals surface area contributed by atoms with Gasteiger partial charge in [0.2, 0.25) is 0 Å². The van der Waals surface area contributed by atoms with Crippen LogP contribution in [0.2, 0.25) is 0 Å². The smallest absolute Gasteiger partial charge is 0.345 e. The van der Waals surface area contributed by atoms with Crippen LogP contribution in [0.25, 0.3) is 0 Å². The molecule has 0 aliphatic heterocycles. The summed E-state index contributed by atoms with van der Waals surface area (Å²) in [5.41, 5.74) is 0.788. The van der Waals surface area contributed by atoms with Crippen LogP contribution >= 0.6 is 0 Å². The number of ether oxygens (including phenoxy) is 1. The second kappa shape index (κ2) is 12.9. The van der Waals surface area contributed by atoms with Crippen molar-refractivity contribution in [1.82, 2.24) is 0 Å². The lowest BCUT2D eigenvalue weighted by Crippen LogP contribution is -2.15. The Hall–Kier alpha value is -2.60. The molecule has 1 heterocycles. The van der Waals surface area contributed by atoms with Gasteiger partial charge in [-0.1, -0.05) is 44.1 Å². The Balaban J connectivity index is 2.90. The molecule has 0 radical (unpaired) electrons. The van der Waals surface area contributed by atoms with E-state index in [9.17, 15) is 19.8 Å². The largest absolute Gasteiger partial charge is 0.507 e. The maximum atomic E-state index is 12.4. The summed E-state index contributed by atoms with van der Waals surface area (Å²) in [7, 11) is 0. The molecule has 0 fully saturated rings. The average Bonchev–Trinajstić information content (AvgIpc) is 2.68. The summed E-state index contributed by atoms with van der Waals surface area (Å²) < 4.78 is 10.2. The minimum absolute atomic E-state index is 0.155. The summed E-state index contributed by atoms with van der Waals surface area (Å²) in [6.45, 7) is 9.72. The Labute approximate surface area is 178 Å². The molecule has 0 spiro atoms. The summed E-state index contributed by atoms with van der Waals surface area (Å²) in [6.07, 6.45) is 8.66. The highest BCUT2D eigenvalue weighted by Gasteiger charge is 2.22. The number of carbonyl (C=O) groups is 1. The Bertz CT molecular complexity index is 844. The highest BCUT2D eigenvalue weighted by atomic mass is 16.5. The van der Waals surface area contributed by atoms with Gasteiger partial charge in [0.05, 0.1) is 6.61 Å². The lowest BCUT2D eigenvalue weighted by molar-refractivity contribution is -0.137. The van der Waals surface area contributed by atoms with Crippen LogP contribution in [0.3, 0.4) is 0 Å². The van der Waals surface area contributed by atoms with Gasteiger partial charge in [0.15, 0.2) is 0 Å². The maximum absolute atomic E-state index is 12.4. The number of hydrogen-bond acceptors (Lipinski definition) is 6. The topological polar surface area (TPSA) is 97.0 Å². The fraction of sp³-hybridized carbons (Fsp3) is 0.500. The van der Waals surface area contributed by atoms with E-state index >= 15 is 0 Å². The molecule has 0 saturated carbocycles. The number of carbonyl (C=O) groups excluding carboxylic acids is 1. The molecule has 2 unspecified atom stereocenters. The van der Waals surface area contributed by atoms with Gasteiger partial charge < -0.3 is 19.4 Å². The van der Waals surface area contributed by atoms with Gasteiger partial charge in [-0.15, -0.1) is 0 Å². The first-order chi connectivity index (χ1) is 14.2. The molecule has 0 aromatic carbocycles. The number of aliphatic hydroxyl groups is 1. The Morgan fingerprint density at radius 2 is 1.97 bits per heavy atom. The third-order valence-electron chi connectivity index (χ3n) is 4.76. The Kier molecular flexibility index (Phi) is 10.9. The molecule has 2 atom stereocenters. The quantitative estimate of drug-likeness (QED) is 0.296. The van der Waals surface area contributed by atoms with E-state index in [-0.39, 0.29) is 17.2 Å². The maximum Gasteiger partial charge on any atom is 0.345 e. The van der Waals surface area contributed by atoms with Crippen LogP contribution in [0.15, 0.2) is 50.7 Å². The van der Waals surface area contributed by atoms with Gasteiger partial charge in [-0.05, 0) is 45.6 Å². The first-order valence-corrected chi connectivity index (χ1v) is 10.4. The zero-order valence-corrected chi connectivity index (χ0v) is 18.6. The van der Waals surface area contributed by atoms with Gasteiger partial charge in [0.25, 0.3) is 0 Å². The van der Waals surface area contributed by atoms with Crippen molar-refractivity contribution in [2.24, 2.45) is 0 Å².